The van der Waals surface area contributed by atoms with Gasteiger partial charge < -0.3 is 30.4 Å². The lowest BCUT2D eigenvalue weighted by Crippen LogP contribution is -2.29. The maximum Gasteiger partial charge on any atom is 0.284 e. The highest BCUT2D eigenvalue weighted by Crippen LogP contribution is 2.39. The Morgan fingerprint density at radius 2 is 1.68 bits per heavy atom. The quantitative estimate of drug-likeness (QED) is 0.570. The van der Waals surface area contributed by atoms with Gasteiger partial charge >= 0.3 is 0 Å². The van der Waals surface area contributed by atoms with E-state index in [-0.39, 0.29) is 17.4 Å². The second-order valence-corrected chi connectivity index (χ2v) is 5.01. The van der Waals surface area contributed by atoms with E-state index in [1.54, 1.807) is 19.1 Å². The molecule has 1 aromatic carbocycles. The molecule has 4 N–H and O–H groups in total. The van der Waals surface area contributed by atoms with Crippen LogP contribution in [-0.4, -0.2) is 45.3 Å². The van der Waals surface area contributed by atoms with E-state index in [2.05, 4.69) is 9.98 Å². The number of ether oxygens (including phenoxy) is 4. The lowest BCUT2D eigenvalue weighted by Gasteiger charge is -2.19. The van der Waals surface area contributed by atoms with E-state index in [4.69, 9.17) is 30.4 Å². The highest BCUT2D eigenvalue weighted by molar-refractivity contribution is 6.29. The molecule has 1 atom stereocenters. The maximum atomic E-state index is 12.0. The number of amidine groups is 1. The first-order valence-electron chi connectivity index (χ1n) is 7.29. The van der Waals surface area contributed by atoms with Crippen LogP contribution in [0.25, 0.3) is 6.08 Å². The predicted octanol–water partition coefficient (Wildman–Crippen LogP) is 0.670. The molecule has 9 heteroatoms. The van der Waals surface area contributed by atoms with E-state index in [0.717, 1.165) is 0 Å². The van der Waals surface area contributed by atoms with Gasteiger partial charge in [-0.3, -0.25) is 4.79 Å². The van der Waals surface area contributed by atoms with Gasteiger partial charge in [-0.2, -0.15) is 9.98 Å². The van der Waals surface area contributed by atoms with Gasteiger partial charge in [-0.1, -0.05) is 0 Å². The van der Waals surface area contributed by atoms with E-state index in [1.165, 1.54) is 27.4 Å². The van der Waals surface area contributed by atoms with Crippen molar-refractivity contribution >= 4 is 23.8 Å². The summed E-state index contributed by atoms with van der Waals surface area (Å²) < 4.78 is 21.5. The molecule has 9 nitrogen and oxygen atoms in total. The molecule has 0 spiro atoms. The molecule has 134 valence electrons. The van der Waals surface area contributed by atoms with E-state index < -0.39 is 12.2 Å². The van der Waals surface area contributed by atoms with Gasteiger partial charge in [0.05, 0.1) is 19.8 Å². The molecule has 25 heavy (non-hydrogen) atoms. The highest BCUT2D eigenvalue weighted by Gasteiger charge is 2.21. The highest BCUT2D eigenvalue weighted by atomic mass is 16.7. The molecule has 0 bridgehead atoms. The van der Waals surface area contributed by atoms with Crippen molar-refractivity contribution in [2.75, 3.05) is 21.3 Å². The number of benzene rings is 1. The van der Waals surface area contributed by atoms with Crippen LogP contribution in [0.15, 0.2) is 27.7 Å². The van der Waals surface area contributed by atoms with Gasteiger partial charge in [-0.25, -0.2) is 0 Å². The third kappa shape index (κ3) is 4.07. The van der Waals surface area contributed by atoms with Crippen molar-refractivity contribution in [2.45, 2.75) is 13.2 Å². The fourth-order valence-electron chi connectivity index (χ4n) is 2.10. The molecule has 1 aliphatic heterocycles. The Labute approximate surface area is 144 Å². The van der Waals surface area contributed by atoms with E-state index in [1.807, 2.05) is 0 Å². The number of methoxy groups -OCH3 is 3. The third-order valence-corrected chi connectivity index (χ3v) is 3.37. The molecule has 0 aromatic heterocycles. The molecular weight excluding hydrogens is 328 g/mol. The summed E-state index contributed by atoms with van der Waals surface area (Å²) >= 11 is 0. The second kappa shape index (κ2) is 7.67. The molecule has 1 amide bonds. The lowest BCUT2D eigenvalue weighted by atomic mass is 10.1. The van der Waals surface area contributed by atoms with Crippen LogP contribution in [0.2, 0.25) is 0 Å². The minimum absolute atomic E-state index is 0.0104. The zero-order valence-electron chi connectivity index (χ0n) is 14.4. The number of hydrogen-bond acceptors (Lipinski definition) is 8. The maximum absolute atomic E-state index is 12.0. The van der Waals surface area contributed by atoms with Crippen LogP contribution >= 0.6 is 0 Å². The number of guanidine groups is 1. The van der Waals surface area contributed by atoms with Crippen LogP contribution in [0, 0.1) is 0 Å². The molecule has 1 heterocycles. The summed E-state index contributed by atoms with van der Waals surface area (Å²) in [6.07, 6.45) is 1.01. The number of carbonyl (C=O) groups excluding carboxylic acids is 1. The Balaban J connectivity index is 2.48. The standard InChI is InChI=1S/C16H20N4O5/c1-8(22-2)25-13-11(23-3)6-9(7-12(13)24-4)5-10-14(17)19-16(18)20-15(10)21/h5-8H,1-4H3,(H4,17,18,19,20,21). The van der Waals surface area contributed by atoms with Crippen molar-refractivity contribution in [3.63, 3.8) is 0 Å². The first-order valence-corrected chi connectivity index (χ1v) is 7.29. The normalized spacial score (nSPS) is 17.0. The first kappa shape index (κ1) is 18.3. The molecule has 0 saturated carbocycles. The van der Waals surface area contributed by atoms with Crippen molar-refractivity contribution in [3.8, 4) is 17.2 Å². The summed E-state index contributed by atoms with van der Waals surface area (Å²) in [7, 11) is 4.50. The van der Waals surface area contributed by atoms with Crippen molar-refractivity contribution in [1.29, 1.82) is 0 Å². The molecule has 0 saturated heterocycles. The van der Waals surface area contributed by atoms with Crippen LogP contribution in [-0.2, 0) is 9.53 Å². The number of nitrogens with zero attached hydrogens (tertiary/aromatic N) is 2. The van der Waals surface area contributed by atoms with E-state index in [9.17, 15) is 4.79 Å². The second-order valence-electron chi connectivity index (χ2n) is 5.01. The molecule has 2 rings (SSSR count). The van der Waals surface area contributed by atoms with Gasteiger partial charge in [-0.05, 0) is 30.7 Å². The van der Waals surface area contributed by atoms with Gasteiger partial charge in [0.1, 0.15) is 5.84 Å². The molecule has 1 aromatic rings. The third-order valence-electron chi connectivity index (χ3n) is 3.37. The van der Waals surface area contributed by atoms with E-state index >= 15 is 0 Å². The van der Waals surface area contributed by atoms with Gasteiger partial charge in [0.15, 0.2) is 17.8 Å². The Morgan fingerprint density at radius 1 is 1.08 bits per heavy atom. The number of rotatable bonds is 6. The SMILES string of the molecule is COc1cc(C=C2C(=O)N=C(N)N=C2N)cc(OC)c1OC(C)OC. The number of aliphatic imine (C=N–C) groups is 2. The van der Waals surface area contributed by atoms with E-state index in [0.29, 0.717) is 22.8 Å². The number of hydrogen-bond donors (Lipinski definition) is 2. The van der Waals surface area contributed by atoms with Crippen LogP contribution < -0.4 is 25.7 Å². The monoisotopic (exact) mass is 348 g/mol. The Bertz CT molecular complexity index is 745. The zero-order chi connectivity index (χ0) is 18.6. The van der Waals surface area contributed by atoms with Gasteiger partial charge in [0, 0.05) is 7.11 Å². The topological polar surface area (TPSA) is 131 Å². The van der Waals surface area contributed by atoms with Gasteiger partial charge in [0.2, 0.25) is 11.7 Å². The van der Waals surface area contributed by atoms with Crippen LogP contribution in [0.5, 0.6) is 17.2 Å². The smallest absolute Gasteiger partial charge is 0.284 e. The largest absolute Gasteiger partial charge is 0.493 e. The number of carbonyl (C=O) groups is 1. The zero-order valence-corrected chi connectivity index (χ0v) is 14.4. The molecule has 0 fully saturated rings. The summed E-state index contributed by atoms with van der Waals surface area (Å²) in [6, 6.07) is 3.32. The summed E-state index contributed by atoms with van der Waals surface area (Å²) in [4.78, 5) is 19.4. The van der Waals surface area contributed by atoms with Crippen LogP contribution in [0.3, 0.4) is 0 Å². The lowest BCUT2D eigenvalue weighted by molar-refractivity contribution is -0.113. The molecule has 1 unspecified atom stereocenters. The van der Waals surface area contributed by atoms with Crippen LogP contribution in [0.4, 0.5) is 0 Å². The van der Waals surface area contributed by atoms with Crippen molar-refractivity contribution < 1.29 is 23.7 Å². The molecular formula is C16H20N4O5. The first-order chi connectivity index (χ1) is 11.9. The van der Waals surface area contributed by atoms with Crippen molar-refractivity contribution in [2.24, 2.45) is 21.5 Å². The number of nitrogens with two attached hydrogens (primary N) is 2. The average Bonchev–Trinajstić information content (AvgIpc) is 2.58. The van der Waals surface area contributed by atoms with Gasteiger partial charge in [0.25, 0.3) is 5.91 Å². The predicted molar refractivity (Wildman–Crippen MR) is 92.9 cm³/mol. The summed E-state index contributed by atoms with van der Waals surface area (Å²) in [5.41, 5.74) is 11.9. The minimum Gasteiger partial charge on any atom is -0.493 e. The fraction of sp³-hybridized carbons (Fsp3) is 0.312. The van der Waals surface area contributed by atoms with Crippen molar-refractivity contribution in [1.82, 2.24) is 0 Å². The Hall–Kier alpha value is -3.07. The van der Waals surface area contributed by atoms with Crippen molar-refractivity contribution in [3.05, 3.63) is 23.3 Å². The summed E-state index contributed by atoms with van der Waals surface area (Å²) in [6.45, 7) is 1.73. The van der Waals surface area contributed by atoms with Crippen LogP contribution in [0.1, 0.15) is 12.5 Å². The molecule has 1 aliphatic rings. The minimum atomic E-state index is -0.573. The summed E-state index contributed by atoms with van der Waals surface area (Å²) in [5, 5.41) is 0. The Kier molecular flexibility index (Phi) is 5.60. The summed E-state index contributed by atoms with van der Waals surface area (Å²) in [5.74, 6) is 0.418. The molecule has 0 radical (unpaired) electrons. The Morgan fingerprint density at radius 3 is 2.16 bits per heavy atom. The molecule has 0 aliphatic carbocycles. The fourth-order valence-corrected chi connectivity index (χ4v) is 2.10. The average molecular weight is 348 g/mol. The van der Waals surface area contributed by atoms with Gasteiger partial charge in [-0.15, -0.1) is 0 Å². The number of amides is 1.